The lowest BCUT2D eigenvalue weighted by molar-refractivity contribution is 0.603. The van der Waals surface area contributed by atoms with Crippen molar-refractivity contribution < 1.29 is 0 Å². The minimum absolute atomic E-state index is 0.132. The molecule has 0 aromatic heterocycles. The number of benzene rings is 1. The fourth-order valence-corrected chi connectivity index (χ4v) is 1.62. The van der Waals surface area contributed by atoms with Crippen LogP contribution in [0.1, 0.15) is 43.4 Å². The summed E-state index contributed by atoms with van der Waals surface area (Å²) in [7, 11) is 0. The normalized spacial score (nSPS) is 12.9. The summed E-state index contributed by atoms with van der Waals surface area (Å²) in [6.07, 6.45) is 3.40. The van der Waals surface area contributed by atoms with Crippen molar-refractivity contribution in [2.24, 2.45) is 5.73 Å². The van der Waals surface area contributed by atoms with Crippen molar-refractivity contribution in [3.8, 4) is 0 Å². The van der Waals surface area contributed by atoms with Gasteiger partial charge in [-0.1, -0.05) is 43.5 Å². The maximum Gasteiger partial charge on any atom is 0.0438 e. The maximum absolute atomic E-state index is 6.04. The van der Waals surface area contributed by atoms with E-state index in [1.54, 1.807) is 0 Å². The van der Waals surface area contributed by atoms with Gasteiger partial charge in [0.15, 0.2) is 0 Å². The third kappa shape index (κ3) is 3.00. The Bertz CT molecular complexity index is 296. The highest BCUT2D eigenvalue weighted by molar-refractivity contribution is 6.31. The van der Waals surface area contributed by atoms with Crippen LogP contribution in [-0.2, 0) is 0 Å². The molecule has 0 unspecified atom stereocenters. The van der Waals surface area contributed by atoms with Crippen LogP contribution in [0.4, 0.5) is 0 Å². The predicted octanol–water partition coefficient (Wildman–Crippen LogP) is 3.84. The number of hydrogen-bond donors (Lipinski definition) is 1. The van der Waals surface area contributed by atoms with Crippen LogP contribution in [0, 0.1) is 6.92 Å². The zero-order valence-electron chi connectivity index (χ0n) is 8.89. The minimum atomic E-state index is 0.132. The number of unbranched alkanes of at least 4 members (excludes halogenated alkanes) is 1. The average molecular weight is 212 g/mol. The van der Waals surface area contributed by atoms with E-state index in [-0.39, 0.29) is 6.04 Å². The van der Waals surface area contributed by atoms with E-state index in [2.05, 4.69) is 13.0 Å². The van der Waals surface area contributed by atoms with Crippen LogP contribution in [0.15, 0.2) is 18.2 Å². The molecule has 0 saturated carbocycles. The van der Waals surface area contributed by atoms with Gasteiger partial charge in [-0.3, -0.25) is 0 Å². The molecule has 2 N–H and O–H groups in total. The molecule has 0 amide bonds. The van der Waals surface area contributed by atoms with E-state index in [9.17, 15) is 0 Å². The lowest BCUT2D eigenvalue weighted by atomic mass is 10.0. The quantitative estimate of drug-likeness (QED) is 0.805. The van der Waals surface area contributed by atoms with Crippen LogP contribution in [0.25, 0.3) is 0 Å². The van der Waals surface area contributed by atoms with Crippen molar-refractivity contribution in [3.05, 3.63) is 34.3 Å². The second-order valence-electron chi connectivity index (χ2n) is 3.76. The molecule has 0 fully saturated rings. The van der Waals surface area contributed by atoms with E-state index in [0.717, 1.165) is 22.6 Å². The van der Waals surface area contributed by atoms with Crippen molar-refractivity contribution in [2.45, 2.75) is 39.2 Å². The van der Waals surface area contributed by atoms with Gasteiger partial charge >= 0.3 is 0 Å². The van der Waals surface area contributed by atoms with Crippen molar-refractivity contribution in [3.63, 3.8) is 0 Å². The van der Waals surface area contributed by atoms with Gasteiger partial charge in [0.25, 0.3) is 0 Å². The minimum Gasteiger partial charge on any atom is -0.324 e. The summed E-state index contributed by atoms with van der Waals surface area (Å²) in [5.74, 6) is 0. The molecule has 0 saturated heterocycles. The molecule has 0 heterocycles. The number of rotatable bonds is 4. The molecule has 1 aromatic rings. The summed E-state index contributed by atoms with van der Waals surface area (Å²) >= 11 is 6.04. The molecule has 0 aliphatic heterocycles. The Morgan fingerprint density at radius 3 is 2.71 bits per heavy atom. The first kappa shape index (κ1) is 11.5. The van der Waals surface area contributed by atoms with Gasteiger partial charge in [-0.15, -0.1) is 0 Å². The average Bonchev–Trinajstić information content (AvgIpc) is 2.18. The summed E-state index contributed by atoms with van der Waals surface area (Å²) in [6, 6.07) is 6.22. The van der Waals surface area contributed by atoms with Crippen LogP contribution in [-0.4, -0.2) is 0 Å². The Morgan fingerprint density at radius 2 is 2.14 bits per heavy atom. The molecule has 0 spiro atoms. The van der Waals surface area contributed by atoms with Gasteiger partial charge in [0.2, 0.25) is 0 Å². The molecule has 1 atom stereocenters. The van der Waals surface area contributed by atoms with Gasteiger partial charge in [-0.2, -0.15) is 0 Å². The van der Waals surface area contributed by atoms with Gasteiger partial charge in [0, 0.05) is 11.1 Å². The number of hydrogen-bond acceptors (Lipinski definition) is 1. The standard InChI is InChI=1S/C12H18ClN/c1-3-4-5-12(14)10-7-6-9(2)11(13)8-10/h6-8,12H,3-5,14H2,1-2H3/t12-/m1/s1. The Balaban J connectivity index is 2.70. The van der Waals surface area contributed by atoms with Crippen LogP contribution in [0.2, 0.25) is 5.02 Å². The van der Waals surface area contributed by atoms with Crippen LogP contribution in [0.5, 0.6) is 0 Å². The van der Waals surface area contributed by atoms with Crippen molar-refractivity contribution >= 4 is 11.6 Å². The predicted molar refractivity (Wildman–Crippen MR) is 62.6 cm³/mol. The highest BCUT2D eigenvalue weighted by Gasteiger charge is 2.06. The highest BCUT2D eigenvalue weighted by Crippen LogP contribution is 2.22. The van der Waals surface area contributed by atoms with E-state index >= 15 is 0 Å². The first-order valence-corrected chi connectivity index (χ1v) is 5.54. The van der Waals surface area contributed by atoms with E-state index in [1.165, 1.54) is 12.8 Å². The summed E-state index contributed by atoms with van der Waals surface area (Å²) < 4.78 is 0. The molecule has 0 aliphatic carbocycles. The molecule has 0 radical (unpaired) electrons. The Hall–Kier alpha value is -0.530. The van der Waals surface area contributed by atoms with E-state index in [1.807, 2.05) is 19.1 Å². The van der Waals surface area contributed by atoms with Gasteiger partial charge in [-0.05, 0) is 30.5 Å². The zero-order valence-corrected chi connectivity index (χ0v) is 9.64. The molecule has 1 rings (SSSR count). The van der Waals surface area contributed by atoms with Crippen LogP contribution >= 0.6 is 11.6 Å². The molecule has 1 nitrogen and oxygen atoms in total. The lowest BCUT2D eigenvalue weighted by Crippen LogP contribution is -2.09. The molecular formula is C12H18ClN. The number of halogens is 1. The monoisotopic (exact) mass is 211 g/mol. The molecule has 14 heavy (non-hydrogen) atoms. The summed E-state index contributed by atoms with van der Waals surface area (Å²) in [5.41, 5.74) is 8.30. The Morgan fingerprint density at radius 1 is 1.43 bits per heavy atom. The largest absolute Gasteiger partial charge is 0.324 e. The van der Waals surface area contributed by atoms with Crippen molar-refractivity contribution in [2.75, 3.05) is 0 Å². The fourth-order valence-electron chi connectivity index (χ4n) is 1.43. The third-order valence-electron chi connectivity index (χ3n) is 2.49. The first-order valence-electron chi connectivity index (χ1n) is 5.16. The van der Waals surface area contributed by atoms with Crippen molar-refractivity contribution in [1.82, 2.24) is 0 Å². The van der Waals surface area contributed by atoms with Crippen LogP contribution < -0.4 is 5.73 Å². The van der Waals surface area contributed by atoms with Gasteiger partial charge in [-0.25, -0.2) is 0 Å². The maximum atomic E-state index is 6.04. The molecule has 0 aliphatic rings. The SMILES string of the molecule is CCCC[C@@H](N)c1ccc(C)c(Cl)c1. The summed E-state index contributed by atoms with van der Waals surface area (Å²) in [4.78, 5) is 0. The summed E-state index contributed by atoms with van der Waals surface area (Å²) in [6.45, 7) is 4.18. The first-order chi connectivity index (χ1) is 6.65. The lowest BCUT2D eigenvalue weighted by Gasteiger charge is -2.12. The molecule has 78 valence electrons. The fraction of sp³-hybridized carbons (Fsp3) is 0.500. The molecule has 1 aromatic carbocycles. The molecule has 0 bridgehead atoms. The van der Waals surface area contributed by atoms with E-state index in [4.69, 9.17) is 17.3 Å². The van der Waals surface area contributed by atoms with Gasteiger partial charge in [0.1, 0.15) is 0 Å². The van der Waals surface area contributed by atoms with E-state index in [0.29, 0.717) is 0 Å². The second-order valence-corrected chi connectivity index (χ2v) is 4.16. The molecular weight excluding hydrogens is 194 g/mol. The highest BCUT2D eigenvalue weighted by atomic mass is 35.5. The Labute approximate surface area is 91.3 Å². The Kier molecular flexibility index (Phi) is 4.43. The van der Waals surface area contributed by atoms with E-state index < -0.39 is 0 Å². The summed E-state index contributed by atoms with van der Waals surface area (Å²) in [5, 5.41) is 0.814. The zero-order chi connectivity index (χ0) is 10.6. The molecule has 2 heteroatoms. The van der Waals surface area contributed by atoms with Gasteiger partial charge < -0.3 is 5.73 Å². The smallest absolute Gasteiger partial charge is 0.0438 e. The topological polar surface area (TPSA) is 26.0 Å². The van der Waals surface area contributed by atoms with Crippen LogP contribution in [0.3, 0.4) is 0 Å². The van der Waals surface area contributed by atoms with Crippen molar-refractivity contribution in [1.29, 1.82) is 0 Å². The number of aryl methyl sites for hydroxylation is 1. The number of nitrogens with two attached hydrogens (primary N) is 1. The third-order valence-corrected chi connectivity index (χ3v) is 2.90. The second kappa shape index (κ2) is 5.38. The van der Waals surface area contributed by atoms with Gasteiger partial charge in [0.05, 0.1) is 0 Å².